The maximum absolute atomic E-state index is 11.4. The third-order valence-corrected chi connectivity index (χ3v) is 2.55. The molecule has 7 nitrogen and oxygen atoms in total. The summed E-state index contributed by atoms with van der Waals surface area (Å²) >= 11 is 0. The standard InChI is InChI=1S/C12H19N4O3.F5P.FH/c1-4-18-11(17)10(9-13)14-19-12(15(2)3)16-7-5-6-8-16;1-6(2,3,4)5;/h4-8H2,1-3H3;;1H/q+1;;/p-1/b14-10+;;. The Kier molecular flexibility index (Phi) is 10.9. The van der Waals surface area contributed by atoms with Crippen molar-refractivity contribution in [3.63, 3.8) is 0 Å². The van der Waals surface area contributed by atoms with Crippen molar-refractivity contribution in [3.8, 4) is 6.07 Å². The van der Waals surface area contributed by atoms with Crippen molar-refractivity contribution < 1.29 is 44.6 Å². The van der Waals surface area contributed by atoms with Crippen LogP contribution in [0, 0.1) is 11.3 Å². The summed E-state index contributed by atoms with van der Waals surface area (Å²) in [6.07, 6.45) is 2.18. The molecule has 0 aromatic heterocycles. The van der Waals surface area contributed by atoms with Gasteiger partial charge in [-0.2, -0.15) is 5.26 Å². The van der Waals surface area contributed by atoms with Gasteiger partial charge < -0.3 is 9.44 Å². The van der Waals surface area contributed by atoms with E-state index in [1.165, 1.54) is 0 Å². The van der Waals surface area contributed by atoms with Crippen LogP contribution < -0.4 is 4.70 Å². The second-order valence-corrected chi connectivity index (χ2v) is 6.15. The van der Waals surface area contributed by atoms with E-state index in [0.29, 0.717) is 6.02 Å². The van der Waals surface area contributed by atoms with E-state index in [4.69, 9.17) is 14.8 Å². The summed E-state index contributed by atoms with van der Waals surface area (Å²) in [5.41, 5.74) is -0.389. The van der Waals surface area contributed by atoms with E-state index in [-0.39, 0.29) is 17.0 Å². The predicted molar refractivity (Wildman–Crippen MR) is 81.1 cm³/mol. The first kappa shape index (κ1) is 26.1. The Balaban J connectivity index is 0. The summed E-state index contributed by atoms with van der Waals surface area (Å²) in [6, 6.07) is 2.19. The van der Waals surface area contributed by atoms with Gasteiger partial charge in [0.25, 0.3) is 5.71 Å². The van der Waals surface area contributed by atoms with Gasteiger partial charge in [-0.1, -0.05) is 5.16 Å². The minimum absolute atomic E-state index is 0. The first-order chi connectivity index (χ1) is 11.3. The first-order valence-electron chi connectivity index (χ1n) is 7.06. The van der Waals surface area contributed by atoms with Crippen LogP contribution in [0.25, 0.3) is 0 Å². The van der Waals surface area contributed by atoms with E-state index in [0.717, 1.165) is 25.9 Å². The summed E-state index contributed by atoms with van der Waals surface area (Å²) in [4.78, 5) is 18.6. The molecule has 1 fully saturated rings. The Morgan fingerprint density at radius 1 is 1.23 bits per heavy atom. The number of rotatable bonds is 3. The monoisotopic (exact) mass is 412 g/mol. The van der Waals surface area contributed by atoms with Gasteiger partial charge in [0.1, 0.15) is 6.07 Å². The van der Waals surface area contributed by atoms with Gasteiger partial charge in [0, 0.05) is 0 Å². The summed E-state index contributed by atoms with van der Waals surface area (Å²) in [7, 11) is -4.91. The van der Waals surface area contributed by atoms with Gasteiger partial charge in [-0.25, -0.2) is 14.3 Å². The number of nitrogens with zero attached hydrogens (tertiary/aromatic N) is 4. The molecule has 0 unspecified atom stereocenters. The average molecular weight is 412 g/mol. The minimum Gasteiger partial charge on any atom is -1.00 e. The molecule has 0 aliphatic carbocycles. The molecule has 0 atom stereocenters. The van der Waals surface area contributed by atoms with E-state index in [1.807, 2.05) is 19.0 Å². The van der Waals surface area contributed by atoms with Crippen LogP contribution in [0.1, 0.15) is 19.8 Å². The third-order valence-electron chi connectivity index (χ3n) is 2.55. The maximum Gasteiger partial charge on any atom is -1.00 e. The molecule has 0 aromatic carbocycles. The zero-order chi connectivity index (χ0) is 19.7. The minimum atomic E-state index is -8.55. The second kappa shape index (κ2) is 10.8. The number of hydrogen-bond donors (Lipinski definition) is 0. The SMILES string of the molecule is CCOC(=O)/C(C#N)=N/OC(N1CCCC1)=[N+](C)C.FP(F)(F)(F)F.[F-]. The molecule has 0 aromatic rings. The number of halogens is 6. The largest absolute Gasteiger partial charge is 1.00 e. The van der Waals surface area contributed by atoms with Crippen molar-refractivity contribution in [2.24, 2.45) is 5.16 Å². The molecule has 1 aliphatic heterocycles. The molecule has 0 spiro atoms. The third kappa shape index (κ3) is 13.2. The van der Waals surface area contributed by atoms with E-state index < -0.39 is 14.1 Å². The molecule has 0 radical (unpaired) electrons. The van der Waals surface area contributed by atoms with Crippen molar-refractivity contribution in [1.29, 1.82) is 5.26 Å². The average Bonchev–Trinajstić information content (AvgIpc) is 2.94. The molecule has 1 saturated heterocycles. The van der Waals surface area contributed by atoms with Crippen LogP contribution in [0.15, 0.2) is 5.16 Å². The number of carbonyl (C=O) groups excluding carboxylic acids is 1. The second-order valence-electron chi connectivity index (χ2n) is 4.87. The Hall–Kier alpha value is -2.09. The number of nitriles is 1. The van der Waals surface area contributed by atoms with Gasteiger partial charge in [0.2, 0.25) is 0 Å². The van der Waals surface area contributed by atoms with Gasteiger partial charge in [0.15, 0.2) is 0 Å². The number of esters is 1. The number of oxime groups is 1. The van der Waals surface area contributed by atoms with Crippen molar-refractivity contribution >= 4 is 25.9 Å². The zero-order valence-corrected chi connectivity index (χ0v) is 15.2. The van der Waals surface area contributed by atoms with Gasteiger partial charge in [-0.05, 0) is 19.8 Å². The van der Waals surface area contributed by atoms with E-state index in [9.17, 15) is 25.8 Å². The van der Waals surface area contributed by atoms with E-state index in [2.05, 4.69) is 5.16 Å². The molecule has 0 N–H and O–H groups in total. The molecule has 0 amide bonds. The normalized spacial score (nSPS) is 15.3. The summed E-state index contributed by atoms with van der Waals surface area (Å²) in [6.45, 7) is 3.61. The smallest absolute Gasteiger partial charge is 1.00 e. The summed E-state index contributed by atoms with van der Waals surface area (Å²) < 4.78 is 55.7. The van der Waals surface area contributed by atoms with Gasteiger partial charge in [-0.3, -0.25) is 4.84 Å². The fourth-order valence-corrected chi connectivity index (χ4v) is 1.72. The van der Waals surface area contributed by atoms with Crippen LogP contribution >= 0.6 is 8.16 Å². The Bertz CT molecular complexity index is 559. The van der Waals surface area contributed by atoms with Crippen molar-refractivity contribution in [2.45, 2.75) is 19.8 Å². The van der Waals surface area contributed by atoms with Gasteiger partial charge >= 0.3 is 41.1 Å². The molecule has 1 heterocycles. The molecule has 0 saturated carbocycles. The predicted octanol–water partition coefficient (Wildman–Crippen LogP) is 0.136. The topological polar surface area (TPSA) is 77.9 Å². The van der Waals surface area contributed by atoms with Crippen LogP contribution in [0.3, 0.4) is 0 Å². The van der Waals surface area contributed by atoms with Crippen LogP contribution in [0.2, 0.25) is 0 Å². The fourth-order valence-electron chi connectivity index (χ4n) is 1.72. The van der Waals surface area contributed by atoms with Crippen LogP contribution in [0.5, 0.6) is 0 Å². The van der Waals surface area contributed by atoms with Gasteiger partial charge in [-0.15, -0.1) is 0 Å². The molecule has 152 valence electrons. The number of amidine groups is 1. The number of carbonyl (C=O) groups is 1. The van der Waals surface area contributed by atoms with Crippen molar-refractivity contribution in [2.75, 3.05) is 33.8 Å². The summed E-state index contributed by atoms with van der Waals surface area (Å²) in [5.74, 6) is -0.774. The molecular formula is C12H19F6N4O3P. The molecular weight excluding hydrogens is 393 g/mol. The van der Waals surface area contributed by atoms with Crippen LogP contribution in [-0.4, -0.2) is 61.0 Å². The maximum atomic E-state index is 11.4. The molecule has 1 aliphatic rings. The molecule has 26 heavy (non-hydrogen) atoms. The Morgan fingerprint density at radius 3 is 2.04 bits per heavy atom. The first-order valence-corrected chi connectivity index (χ1v) is 8.75. The van der Waals surface area contributed by atoms with Crippen molar-refractivity contribution in [1.82, 2.24) is 4.90 Å². The Morgan fingerprint density at radius 2 is 1.69 bits per heavy atom. The number of hydrogen-bond acceptors (Lipinski definition) is 5. The molecule has 14 heteroatoms. The molecule has 1 rings (SSSR count). The number of ether oxygens (including phenoxy) is 1. The van der Waals surface area contributed by atoms with E-state index in [1.54, 1.807) is 17.6 Å². The van der Waals surface area contributed by atoms with Crippen LogP contribution in [0.4, 0.5) is 21.0 Å². The van der Waals surface area contributed by atoms with Gasteiger partial charge in [0.05, 0.1) is 33.8 Å². The Labute approximate surface area is 146 Å². The van der Waals surface area contributed by atoms with Crippen LogP contribution in [-0.2, 0) is 14.4 Å². The quantitative estimate of drug-likeness (QED) is 0.125. The number of likely N-dealkylation sites (tertiary alicyclic amines) is 1. The summed E-state index contributed by atoms with van der Waals surface area (Å²) in [5, 5.41) is 12.4. The fraction of sp³-hybridized carbons (Fsp3) is 0.667. The van der Waals surface area contributed by atoms with E-state index >= 15 is 0 Å². The van der Waals surface area contributed by atoms with Crippen molar-refractivity contribution in [3.05, 3.63) is 0 Å². The zero-order valence-electron chi connectivity index (χ0n) is 14.3. The molecule has 0 bridgehead atoms.